The number of hydrogen-bond donors (Lipinski definition) is 3. The number of nitrogens with zero attached hydrogens (tertiary/aromatic N) is 2. The van der Waals surface area contributed by atoms with Crippen LogP contribution in [0.2, 0.25) is 0 Å². The monoisotopic (exact) mass is 397 g/mol. The molecule has 29 heavy (non-hydrogen) atoms. The molecule has 0 saturated carbocycles. The largest absolute Gasteiger partial charge is 0.368 e. The van der Waals surface area contributed by atoms with Crippen LogP contribution in [0.15, 0.2) is 48.8 Å². The Kier molecular flexibility index (Phi) is 6.90. The average Bonchev–Trinajstić information content (AvgIpc) is 2.74. The number of aromatic nitrogens is 1. The second-order valence-corrected chi connectivity index (χ2v) is 7.48. The number of piperidine rings is 1. The molecule has 3 rings (SSSR count). The summed E-state index contributed by atoms with van der Waals surface area (Å²) in [4.78, 5) is 28.0. The van der Waals surface area contributed by atoms with Crippen LogP contribution in [0.5, 0.6) is 0 Å². The number of nitro benzene ring substituents is 1. The maximum absolute atomic E-state index is 12.8. The van der Waals surface area contributed by atoms with Crippen molar-refractivity contribution in [2.24, 2.45) is 11.7 Å². The molecule has 1 fully saturated rings. The van der Waals surface area contributed by atoms with E-state index >= 15 is 0 Å². The molecule has 0 radical (unpaired) electrons. The third kappa shape index (κ3) is 4.96. The molecule has 1 aromatic carbocycles. The van der Waals surface area contributed by atoms with Crippen LogP contribution in [0, 0.1) is 16.0 Å². The summed E-state index contributed by atoms with van der Waals surface area (Å²) in [5, 5.41) is 18.3. The van der Waals surface area contributed by atoms with E-state index in [1.807, 2.05) is 0 Å². The Morgan fingerprint density at radius 3 is 2.59 bits per heavy atom. The van der Waals surface area contributed by atoms with E-state index in [-0.39, 0.29) is 12.1 Å². The smallest absolute Gasteiger partial charge is 0.275 e. The van der Waals surface area contributed by atoms with Crippen molar-refractivity contribution in [3.63, 3.8) is 0 Å². The third-order valence-corrected chi connectivity index (χ3v) is 5.64. The van der Waals surface area contributed by atoms with E-state index in [2.05, 4.69) is 15.6 Å². The summed E-state index contributed by atoms with van der Waals surface area (Å²) in [6.45, 7) is 2.53. The van der Waals surface area contributed by atoms with E-state index in [0.29, 0.717) is 18.0 Å². The highest BCUT2D eigenvalue weighted by molar-refractivity contribution is 5.88. The van der Waals surface area contributed by atoms with Crippen molar-refractivity contribution in [1.29, 1.82) is 0 Å². The number of pyridine rings is 1. The molecule has 1 saturated heterocycles. The zero-order valence-corrected chi connectivity index (χ0v) is 16.3. The van der Waals surface area contributed by atoms with Crippen molar-refractivity contribution < 1.29 is 9.72 Å². The molecule has 1 aromatic heterocycles. The van der Waals surface area contributed by atoms with Gasteiger partial charge in [-0.05, 0) is 68.6 Å². The molecule has 2 aromatic rings. The first-order chi connectivity index (χ1) is 14.0. The van der Waals surface area contributed by atoms with Gasteiger partial charge in [-0.3, -0.25) is 25.2 Å². The highest BCUT2D eigenvalue weighted by Crippen LogP contribution is 2.33. The summed E-state index contributed by atoms with van der Waals surface area (Å²) in [5.41, 5.74) is 5.51. The van der Waals surface area contributed by atoms with Gasteiger partial charge in [-0.2, -0.15) is 0 Å². The number of amides is 1. The number of hydrogen-bond acceptors (Lipinski definition) is 6. The van der Waals surface area contributed by atoms with Crippen molar-refractivity contribution in [1.82, 2.24) is 15.6 Å². The number of primary amides is 1. The molecule has 1 aliphatic heterocycles. The molecular weight excluding hydrogens is 370 g/mol. The molecule has 1 amide bonds. The van der Waals surface area contributed by atoms with E-state index in [1.54, 1.807) is 42.7 Å². The van der Waals surface area contributed by atoms with E-state index in [4.69, 9.17) is 5.73 Å². The van der Waals surface area contributed by atoms with Gasteiger partial charge in [0.25, 0.3) is 5.69 Å². The van der Waals surface area contributed by atoms with Gasteiger partial charge in [0, 0.05) is 24.9 Å². The zero-order chi connectivity index (χ0) is 20.7. The normalized spacial score (nSPS) is 16.8. The van der Waals surface area contributed by atoms with Gasteiger partial charge in [0.05, 0.1) is 10.5 Å². The van der Waals surface area contributed by atoms with Crippen molar-refractivity contribution >= 4 is 11.6 Å². The van der Waals surface area contributed by atoms with Gasteiger partial charge in [0.2, 0.25) is 5.91 Å². The number of nitro groups is 1. The van der Waals surface area contributed by atoms with Crippen LogP contribution in [0.4, 0.5) is 5.69 Å². The predicted molar refractivity (Wildman–Crippen MR) is 110 cm³/mol. The van der Waals surface area contributed by atoms with Crippen molar-refractivity contribution in [3.05, 3.63) is 70.0 Å². The third-order valence-electron chi connectivity index (χ3n) is 5.64. The Bertz CT molecular complexity index is 839. The Morgan fingerprint density at radius 1 is 1.24 bits per heavy atom. The molecule has 4 N–H and O–H groups in total. The average molecular weight is 397 g/mol. The molecule has 8 heteroatoms. The van der Waals surface area contributed by atoms with E-state index in [1.165, 1.54) is 6.07 Å². The SMILES string of the molecule is NC(=O)C(Cc1ccncc1)(NCCC1CCNCC1)c1ccccc1[N+](=O)[O-]. The van der Waals surface area contributed by atoms with Crippen molar-refractivity contribution in [2.75, 3.05) is 19.6 Å². The molecule has 0 aliphatic carbocycles. The Hall–Kier alpha value is -2.84. The lowest BCUT2D eigenvalue weighted by molar-refractivity contribution is -0.386. The fourth-order valence-corrected chi connectivity index (χ4v) is 4.02. The van der Waals surface area contributed by atoms with Gasteiger partial charge < -0.3 is 11.1 Å². The van der Waals surface area contributed by atoms with E-state index in [0.717, 1.165) is 37.9 Å². The molecule has 1 unspecified atom stereocenters. The van der Waals surface area contributed by atoms with Gasteiger partial charge in [0.1, 0.15) is 5.54 Å². The Labute approximate surface area is 170 Å². The highest BCUT2D eigenvalue weighted by Gasteiger charge is 2.43. The molecule has 0 spiro atoms. The lowest BCUT2D eigenvalue weighted by Gasteiger charge is -2.33. The van der Waals surface area contributed by atoms with Crippen LogP contribution < -0.4 is 16.4 Å². The fourth-order valence-electron chi connectivity index (χ4n) is 4.02. The molecule has 154 valence electrons. The number of rotatable bonds is 9. The maximum atomic E-state index is 12.8. The summed E-state index contributed by atoms with van der Waals surface area (Å²) >= 11 is 0. The van der Waals surface area contributed by atoms with Crippen LogP contribution in [0.3, 0.4) is 0 Å². The fraction of sp³-hybridized carbons (Fsp3) is 0.429. The van der Waals surface area contributed by atoms with Crippen LogP contribution in [-0.4, -0.2) is 35.4 Å². The first kappa shape index (κ1) is 20.9. The quantitative estimate of drug-likeness (QED) is 0.439. The number of nitrogens with one attached hydrogen (secondary N) is 2. The number of carbonyl (C=O) groups is 1. The number of benzene rings is 1. The topological polar surface area (TPSA) is 123 Å². The lowest BCUT2D eigenvalue weighted by Crippen LogP contribution is -2.55. The molecule has 1 aliphatic rings. The van der Waals surface area contributed by atoms with Gasteiger partial charge in [0.15, 0.2) is 0 Å². The van der Waals surface area contributed by atoms with Gasteiger partial charge in [-0.15, -0.1) is 0 Å². The van der Waals surface area contributed by atoms with Crippen LogP contribution in [0.1, 0.15) is 30.4 Å². The summed E-state index contributed by atoms with van der Waals surface area (Å²) in [7, 11) is 0. The van der Waals surface area contributed by atoms with E-state index < -0.39 is 16.4 Å². The maximum Gasteiger partial charge on any atom is 0.275 e. The van der Waals surface area contributed by atoms with Crippen molar-refractivity contribution in [2.45, 2.75) is 31.2 Å². The van der Waals surface area contributed by atoms with Crippen LogP contribution in [0.25, 0.3) is 0 Å². The summed E-state index contributed by atoms with van der Waals surface area (Å²) in [5.74, 6) is -0.0741. The van der Waals surface area contributed by atoms with Gasteiger partial charge in [-0.1, -0.05) is 12.1 Å². The molecule has 2 heterocycles. The number of para-hydroxylation sites is 1. The first-order valence-electron chi connectivity index (χ1n) is 9.91. The Morgan fingerprint density at radius 2 is 1.93 bits per heavy atom. The van der Waals surface area contributed by atoms with Gasteiger partial charge >= 0.3 is 0 Å². The molecular formula is C21H27N5O3. The summed E-state index contributed by atoms with van der Waals surface area (Å²) < 4.78 is 0. The second-order valence-electron chi connectivity index (χ2n) is 7.48. The summed E-state index contributed by atoms with van der Waals surface area (Å²) in [6, 6.07) is 9.90. The lowest BCUT2D eigenvalue weighted by atomic mass is 9.81. The first-order valence-corrected chi connectivity index (χ1v) is 9.91. The van der Waals surface area contributed by atoms with Crippen LogP contribution >= 0.6 is 0 Å². The standard InChI is InChI=1S/C21H27N5O3/c22-20(27)21(15-17-7-12-24-13-8-17,18-3-1-2-4-19(18)26(28)29)25-14-9-16-5-10-23-11-6-16/h1-4,7-8,12-13,16,23,25H,5-6,9-11,14-15H2,(H2,22,27). The van der Waals surface area contributed by atoms with Gasteiger partial charge in [-0.25, -0.2) is 0 Å². The predicted octanol–water partition coefficient (Wildman–Crippen LogP) is 1.89. The van der Waals surface area contributed by atoms with Crippen molar-refractivity contribution in [3.8, 4) is 0 Å². The van der Waals surface area contributed by atoms with Crippen LogP contribution in [-0.2, 0) is 16.8 Å². The minimum Gasteiger partial charge on any atom is -0.368 e. The zero-order valence-electron chi connectivity index (χ0n) is 16.3. The molecule has 0 bridgehead atoms. The molecule has 1 atom stereocenters. The summed E-state index contributed by atoms with van der Waals surface area (Å²) in [6.07, 6.45) is 6.53. The minimum absolute atomic E-state index is 0.116. The number of nitrogens with two attached hydrogens (primary N) is 1. The molecule has 8 nitrogen and oxygen atoms in total. The Balaban J connectivity index is 1.94. The highest BCUT2D eigenvalue weighted by atomic mass is 16.6. The number of carbonyl (C=O) groups excluding carboxylic acids is 1. The van der Waals surface area contributed by atoms with E-state index in [9.17, 15) is 14.9 Å². The minimum atomic E-state index is -1.38. The second kappa shape index (κ2) is 9.58.